The Morgan fingerprint density at radius 1 is 1.30 bits per heavy atom. The molecule has 0 unspecified atom stereocenters. The molecule has 0 spiro atoms. The summed E-state index contributed by atoms with van der Waals surface area (Å²) in [5, 5.41) is 13.6. The summed E-state index contributed by atoms with van der Waals surface area (Å²) < 4.78 is 5.97. The van der Waals surface area contributed by atoms with Crippen LogP contribution in [0.3, 0.4) is 0 Å². The fourth-order valence-electron chi connectivity index (χ4n) is 3.06. The maximum atomic E-state index is 12.3. The number of aryl methyl sites for hydroxylation is 1. The topological polar surface area (TPSA) is 119 Å². The van der Waals surface area contributed by atoms with Gasteiger partial charge in [-0.2, -0.15) is 0 Å². The molecule has 1 fully saturated rings. The number of hydrogen-bond donors (Lipinski definition) is 1. The monoisotopic (exact) mass is 475 g/mol. The number of non-ortho nitro benzene ring substituents is 1. The van der Waals surface area contributed by atoms with Crippen molar-refractivity contribution in [3.8, 4) is 0 Å². The molecule has 3 rings (SSSR count). The zero-order valence-electron chi connectivity index (χ0n) is 16.0. The number of anilines is 2. The van der Waals surface area contributed by atoms with Crippen LogP contribution >= 0.6 is 15.9 Å². The lowest BCUT2D eigenvalue weighted by molar-refractivity contribution is -0.384. The van der Waals surface area contributed by atoms with Crippen LogP contribution in [0.25, 0.3) is 0 Å². The highest BCUT2D eigenvalue weighted by Gasteiger charge is 2.36. The molecule has 2 aromatic rings. The van der Waals surface area contributed by atoms with Crippen LogP contribution in [0.4, 0.5) is 17.1 Å². The van der Waals surface area contributed by atoms with Crippen LogP contribution in [0.1, 0.15) is 12.0 Å². The number of nitrogens with zero attached hydrogens (tertiary/aromatic N) is 2. The number of rotatable bonds is 6. The zero-order chi connectivity index (χ0) is 21.8. The smallest absolute Gasteiger partial charge is 0.311 e. The summed E-state index contributed by atoms with van der Waals surface area (Å²) in [6.07, 6.45) is -0.0882. The number of nitro benzene ring substituents is 1. The first-order valence-corrected chi connectivity index (χ1v) is 9.81. The predicted octanol–water partition coefficient (Wildman–Crippen LogP) is 3.20. The molecule has 30 heavy (non-hydrogen) atoms. The second-order valence-corrected chi connectivity index (χ2v) is 7.66. The van der Waals surface area contributed by atoms with Crippen LogP contribution < -0.4 is 10.2 Å². The molecule has 2 amide bonds. The Morgan fingerprint density at radius 3 is 2.77 bits per heavy atom. The van der Waals surface area contributed by atoms with Gasteiger partial charge in [-0.3, -0.25) is 24.5 Å². The summed E-state index contributed by atoms with van der Waals surface area (Å²) >= 11 is 3.37. The van der Waals surface area contributed by atoms with Gasteiger partial charge < -0.3 is 15.0 Å². The Morgan fingerprint density at radius 2 is 2.07 bits per heavy atom. The van der Waals surface area contributed by atoms with Gasteiger partial charge in [0.15, 0.2) is 6.61 Å². The molecule has 0 saturated carbocycles. The van der Waals surface area contributed by atoms with Crippen molar-refractivity contribution in [3.63, 3.8) is 0 Å². The van der Waals surface area contributed by atoms with Gasteiger partial charge in [-0.25, -0.2) is 0 Å². The van der Waals surface area contributed by atoms with E-state index in [4.69, 9.17) is 4.74 Å². The molecule has 10 heteroatoms. The normalized spacial score (nSPS) is 15.7. The van der Waals surface area contributed by atoms with Crippen molar-refractivity contribution in [2.24, 2.45) is 5.92 Å². The third kappa shape index (κ3) is 5.01. The summed E-state index contributed by atoms with van der Waals surface area (Å²) in [6, 6.07) is 10.9. The van der Waals surface area contributed by atoms with Gasteiger partial charge in [0.2, 0.25) is 5.91 Å². The number of nitro groups is 1. The van der Waals surface area contributed by atoms with E-state index in [1.165, 1.54) is 23.1 Å². The standard InChI is InChI=1S/C20H18BrN3O6/c1-12-7-14(5-6-17(12)21)22-18(25)11-30-20(27)13-8-19(26)23(10-13)15-3-2-4-16(9-15)24(28)29/h2-7,9,13H,8,10-11H2,1H3,(H,22,25)/t13-/m0/s1. The molecule has 1 atom stereocenters. The molecule has 1 aliphatic heterocycles. The quantitative estimate of drug-likeness (QED) is 0.389. The van der Waals surface area contributed by atoms with Crippen molar-refractivity contribution < 1.29 is 24.0 Å². The minimum absolute atomic E-state index is 0.0341. The molecule has 0 bridgehead atoms. The van der Waals surface area contributed by atoms with Gasteiger partial charge in [0.1, 0.15) is 0 Å². The summed E-state index contributed by atoms with van der Waals surface area (Å²) in [7, 11) is 0. The highest BCUT2D eigenvalue weighted by atomic mass is 79.9. The number of carbonyl (C=O) groups is 3. The number of halogens is 1. The lowest BCUT2D eigenvalue weighted by Gasteiger charge is -2.16. The van der Waals surface area contributed by atoms with Crippen molar-refractivity contribution in [3.05, 3.63) is 62.6 Å². The number of ether oxygens (including phenoxy) is 1. The van der Waals surface area contributed by atoms with E-state index in [0.717, 1.165) is 10.0 Å². The van der Waals surface area contributed by atoms with E-state index in [1.807, 2.05) is 6.92 Å². The first kappa shape index (κ1) is 21.4. The van der Waals surface area contributed by atoms with Gasteiger partial charge in [0.05, 0.1) is 16.5 Å². The van der Waals surface area contributed by atoms with Gasteiger partial charge in [0.25, 0.3) is 11.6 Å². The molecule has 0 radical (unpaired) electrons. The first-order valence-electron chi connectivity index (χ1n) is 9.02. The molecule has 156 valence electrons. The maximum absolute atomic E-state index is 12.3. The fraction of sp³-hybridized carbons (Fsp3) is 0.250. The second kappa shape index (κ2) is 9.04. The largest absolute Gasteiger partial charge is 0.455 e. The summed E-state index contributed by atoms with van der Waals surface area (Å²) in [5.41, 5.74) is 1.71. The molecule has 1 saturated heterocycles. The average Bonchev–Trinajstić information content (AvgIpc) is 3.11. The van der Waals surface area contributed by atoms with Crippen molar-refractivity contribution in [1.29, 1.82) is 0 Å². The Kier molecular flexibility index (Phi) is 6.46. The fourth-order valence-corrected chi connectivity index (χ4v) is 3.31. The molecule has 2 aromatic carbocycles. The summed E-state index contributed by atoms with van der Waals surface area (Å²) in [4.78, 5) is 48.3. The van der Waals surface area contributed by atoms with Crippen LogP contribution in [-0.4, -0.2) is 35.9 Å². The number of hydrogen-bond acceptors (Lipinski definition) is 6. The number of carbonyl (C=O) groups excluding carboxylic acids is 3. The van der Waals surface area contributed by atoms with Crippen molar-refractivity contribution in [1.82, 2.24) is 0 Å². The summed E-state index contributed by atoms with van der Waals surface area (Å²) in [6.45, 7) is 1.44. The van der Waals surface area contributed by atoms with Crippen LogP contribution in [0, 0.1) is 23.0 Å². The van der Waals surface area contributed by atoms with E-state index in [0.29, 0.717) is 11.4 Å². The summed E-state index contributed by atoms with van der Waals surface area (Å²) in [5.74, 6) is -2.25. The van der Waals surface area contributed by atoms with Crippen LogP contribution in [0.15, 0.2) is 46.9 Å². The lowest BCUT2D eigenvalue weighted by Crippen LogP contribution is -2.28. The highest BCUT2D eigenvalue weighted by molar-refractivity contribution is 9.10. The van der Waals surface area contributed by atoms with Gasteiger partial charge in [-0.1, -0.05) is 22.0 Å². The van der Waals surface area contributed by atoms with Crippen LogP contribution in [0.2, 0.25) is 0 Å². The van der Waals surface area contributed by atoms with Gasteiger partial charge >= 0.3 is 5.97 Å². The van der Waals surface area contributed by atoms with Crippen molar-refractivity contribution >= 4 is 50.8 Å². The van der Waals surface area contributed by atoms with E-state index in [2.05, 4.69) is 21.2 Å². The number of amides is 2. The van der Waals surface area contributed by atoms with Crippen LogP contribution in [0.5, 0.6) is 0 Å². The molecular weight excluding hydrogens is 458 g/mol. The predicted molar refractivity (Wildman–Crippen MR) is 112 cm³/mol. The molecule has 0 aliphatic carbocycles. The lowest BCUT2D eigenvalue weighted by atomic mass is 10.1. The molecule has 0 aromatic heterocycles. The molecule has 1 aliphatic rings. The van der Waals surface area contributed by atoms with Crippen LogP contribution in [-0.2, 0) is 19.1 Å². The number of nitrogens with one attached hydrogen (secondary N) is 1. The minimum Gasteiger partial charge on any atom is -0.455 e. The number of esters is 1. The third-order valence-corrected chi connectivity index (χ3v) is 5.49. The Bertz CT molecular complexity index is 1030. The average molecular weight is 476 g/mol. The van der Waals surface area contributed by atoms with Gasteiger partial charge in [0, 0.05) is 35.3 Å². The van der Waals surface area contributed by atoms with E-state index in [-0.39, 0.29) is 24.6 Å². The van der Waals surface area contributed by atoms with Crippen molar-refractivity contribution in [2.75, 3.05) is 23.4 Å². The van der Waals surface area contributed by atoms with Crippen molar-refractivity contribution in [2.45, 2.75) is 13.3 Å². The Labute approximate surface area is 180 Å². The van der Waals surface area contributed by atoms with E-state index < -0.39 is 29.3 Å². The number of benzene rings is 2. The zero-order valence-corrected chi connectivity index (χ0v) is 17.5. The second-order valence-electron chi connectivity index (χ2n) is 6.80. The maximum Gasteiger partial charge on any atom is 0.311 e. The van der Waals surface area contributed by atoms with E-state index in [1.54, 1.807) is 24.3 Å². The van der Waals surface area contributed by atoms with E-state index >= 15 is 0 Å². The Balaban J connectivity index is 1.55. The first-order chi connectivity index (χ1) is 14.2. The SMILES string of the molecule is Cc1cc(NC(=O)COC(=O)[C@H]2CC(=O)N(c3cccc([N+](=O)[O-])c3)C2)ccc1Br. The van der Waals surface area contributed by atoms with Gasteiger partial charge in [-0.05, 0) is 36.8 Å². The molecular formula is C20H18BrN3O6. The van der Waals surface area contributed by atoms with Gasteiger partial charge in [-0.15, -0.1) is 0 Å². The molecule has 1 heterocycles. The third-order valence-electron chi connectivity index (χ3n) is 4.60. The minimum atomic E-state index is -0.750. The van der Waals surface area contributed by atoms with E-state index in [9.17, 15) is 24.5 Å². The Hall–Kier alpha value is -3.27. The highest BCUT2D eigenvalue weighted by Crippen LogP contribution is 2.28. The molecule has 1 N–H and O–H groups in total. The molecule has 9 nitrogen and oxygen atoms in total.